The Morgan fingerprint density at radius 2 is 1.90 bits per heavy atom. The maximum atomic E-state index is 12.1. The van der Waals surface area contributed by atoms with E-state index in [-0.39, 0.29) is 16.7 Å². The molecule has 1 aliphatic rings. The second kappa shape index (κ2) is 6.15. The Balaban J connectivity index is 1.95. The molecule has 1 aliphatic carbocycles. The number of carboxylic acids is 1. The number of benzene rings is 1. The summed E-state index contributed by atoms with van der Waals surface area (Å²) in [6.07, 6.45) is 4.33. The Kier molecular flexibility index (Phi) is 4.68. The molecule has 1 fully saturated rings. The molecule has 0 aromatic heterocycles. The second-order valence-corrected chi connectivity index (χ2v) is 7.60. The Morgan fingerprint density at radius 3 is 2.33 bits per heavy atom. The Bertz CT molecular complexity index is 598. The molecule has 0 radical (unpaired) electrons. The summed E-state index contributed by atoms with van der Waals surface area (Å²) in [5.74, 6) is -1.13. The lowest BCUT2D eigenvalue weighted by Gasteiger charge is -2.41. The molecule has 0 atom stereocenters. The first-order chi connectivity index (χ1) is 9.86. The predicted molar refractivity (Wildman–Crippen MR) is 80.6 cm³/mol. The van der Waals surface area contributed by atoms with Gasteiger partial charge in [0.05, 0.1) is 11.3 Å². The highest BCUT2D eigenvalue weighted by atomic mass is 32.2. The number of rotatable bonds is 7. The van der Waals surface area contributed by atoms with Gasteiger partial charge in [0.1, 0.15) is 0 Å². The third kappa shape index (κ3) is 4.04. The highest BCUT2D eigenvalue weighted by Crippen LogP contribution is 2.43. The molecule has 0 saturated heterocycles. The van der Waals surface area contributed by atoms with E-state index in [1.54, 1.807) is 12.1 Å². The molecule has 21 heavy (non-hydrogen) atoms. The maximum Gasteiger partial charge on any atom is 0.335 e. The van der Waals surface area contributed by atoms with Gasteiger partial charge >= 0.3 is 5.97 Å². The predicted octanol–water partition coefficient (Wildman–Crippen LogP) is 2.38. The van der Waals surface area contributed by atoms with Crippen LogP contribution in [0, 0.1) is 5.41 Å². The van der Waals surface area contributed by atoms with Crippen LogP contribution in [0.15, 0.2) is 24.3 Å². The van der Waals surface area contributed by atoms with Crippen LogP contribution in [0.1, 0.15) is 48.5 Å². The molecule has 0 aliphatic heterocycles. The standard InChI is InChI=1S/C15H21NO4S/c1-2-15(8-3-9-15)11-16-21(19,20)10-12-4-6-13(7-5-12)14(17)18/h4-7,16H,2-3,8-11H2,1H3,(H,17,18). The quantitative estimate of drug-likeness (QED) is 0.810. The summed E-state index contributed by atoms with van der Waals surface area (Å²) < 4.78 is 26.9. The fourth-order valence-corrected chi connectivity index (χ4v) is 3.87. The summed E-state index contributed by atoms with van der Waals surface area (Å²) in [5, 5.41) is 8.81. The van der Waals surface area contributed by atoms with Crippen molar-refractivity contribution in [2.24, 2.45) is 5.41 Å². The molecule has 0 heterocycles. The molecular weight excluding hydrogens is 290 g/mol. The van der Waals surface area contributed by atoms with Crippen LogP contribution in [0.4, 0.5) is 0 Å². The van der Waals surface area contributed by atoms with Crippen molar-refractivity contribution in [2.75, 3.05) is 6.54 Å². The summed E-state index contributed by atoms with van der Waals surface area (Å²) in [4.78, 5) is 10.8. The van der Waals surface area contributed by atoms with Crippen LogP contribution in [-0.4, -0.2) is 26.0 Å². The third-order valence-electron chi connectivity index (χ3n) is 4.39. The van der Waals surface area contributed by atoms with E-state index in [9.17, 15) is 13.2 Å². The lowest BCUT2D eigenvalue weighted by atomic mass is 9.67. The minimum atomic E-state index is -3.38. The minimum absolute atomic E-state index is 0.118. The maximum absolute atomic E-state index is 12.1. The number of hydrogen-bond donors (Lipinski definition) is 2. The normalized spacial score (nSPS) is 17.2. The molecule has 0 unspecified atom stereocenters. The van der Waals surface area contributed by atoms with Crippen LogP contribution < -0.4 is 4.72 Å². The molecule has 1 aromatic rings. The van der Waals surface area contributed by atoms with E-state index >= 15 is 0 Å². The summed E-state index contributed by atoms with van der Waals surface area (Å²) in [5.41, 5.74) is 0.885. The molecule has 6 heteroatoms. The first-order valence-corrected chi connectivity index (χ1v) is 8.81. The fraction of sp³-hybridized carbons (Fsp3) is 0.533. The smallest absolute Gasteiger partial charge is 0.335 e. The number of aromatic carboxylic acids is 1. The molecule has 1 aromatic carbocycles. The van der Waals surface area contributed by atoms with Crippen LogP contribution in [0.2, 0.25) is 0 Å². The van der Waals surface area contributed by atoms with Gasteiger partial charge in [-0.2, -0.15) is 0 Å². The topological polar surface area (TPSA) is 83.5 Å². The lowest BCUT2D eigenvalue weighted by Crippen LogP contribution is -2.42. The van der Waals surface area contributed by atoms with Crippen LogP contribution in [-0.2, 0) is 15.8 Å². The zero-order chi connectivity index (χ0) is 15.5. The van der Waals surface area contributed by atoms with Crippen molar-refractivity contribution in [1.82, 2.24) is 4.72 Å². The summed E-state index contributed by atoms with van der Waals surface area (Å²) in [6.45, 7) is 2.59. The Labute approximate surface area is 125 Å². The monoisotopic (exact) mass is 311 g/mol. The lowest BCUT2D eigenvalue weighted by molar-refractivity contribution is 0.0697. The van der Waals surface area contributed by atoms with Crippen molar-refractivity contribution < 1.29 is 18.3 Å². The first-order valence-electron chi connectivity index (χ1n) is 7.15. The Morgan fingerprint density at radius 1 is 1.29 bits per heavy atom. The van der Waals surface area contributed by atoms with Crippen molar-refractivity contribution in [3.05, 3.63) is 35.4 Å². The van der Waals surface area contributed by atoms with E-state index in [2.05, 4.69) is 11.6 Å². The van der Waals surface area contributed by atoms with Gasteiger partial charge in [0.15, 0.2) is 0 Å². The van der Waals surface area contributed by atoms with Crippen molar-refractivity contribution >= 4 is 16.0 Å². The third-order valence-corrected chi connectivity index (χ3v) is 5.69. The van der Waals surface area contributed by atoms with Gasteiger partial charge in [-0.1, -0.05) is 25.5 Å². The molecule has 2 rings (SSSR count). The number of carboxylic acid groups (broad SMARTS) is 1. The molecule has 1 saturated carbocycles. The van der Waals surface area contributed by atoms with Crippen LogP contribution >= 0.6 is 0 Å². The largest absolute Gasteiger partial charge is 0.478 e. The van der Waals surface area contributed by atoms with E-state index in [0.29, 0.717) is 12.1 Å². The number of sulfonamides is 1. The van der Waals surface area contributed by atoms with Gasteiger partial charge in [-0.3, -0.25) is 0 Å². The fourth-order valence-electron chi connectivity index (χ4n) is 2.61. The molecular formula is C15H21NO4S. The van der Waals surface area contributed by atoms with Crippen LogP contribution in [0.3, 0.4) is 0 Å². The van der Waals surface area contributed by atoms with Crippen molar-refractivity contribution in [3.8, 4) is 0 Å². The van der Waals surface area contributed by atoms with Gasteiger partial charge in [-0.05, 0) is 42.4 Å². The van der Waals surface area contributed by atoms with Gasteiger partial charge < -0.3 is 5.11 Å². The SMILES string of the molecule is CCC1(CNS(=O)(=O)Cc2ccc(C(=O)O)cc2)CCC1. The molecule has 0 bridgehead atoms. The average molecular weight is 311 g/mol. The highest BCUT2D eigenvalue weighted by molar-refractivity contribution is 7.88. The zero-order valence-electron chi connectivity index (χ0n) is 12.1. The highest BCUT2D eigenvalue weighted by Gasteiger charge is 2.35. The first kappa shape index (κ1) is 16.0. The van der Waals surface area contributed by atoms with E-state index in [1.807, 2.05) is 0 Å². The van der Waals surface area contributed by atoms with Gasteiger partial charge in [0.2, 0.25) is 10.0 Å². The molecule has 0 spiro atoms. The number of carbonyl (C=O) groups is 1. The van der Waals surface area contributed by atoms with E-state index in [0.717, 1.165) is 19.3 Å². The second-order valence-electron chi connectivity index (χ2n) is 5.79. The van der Waals surface area contributed by atoms with Gasteiger partial charge in [0, 0.05) is 6.54 Å². The summed E-state index contributed by atoms with van der Waals surface area (Å²) >= 11 is 0. The van der Waals surface area contributed by atoms with Crippen molar-refractivity contribution in [1.29, 1.82) is 0 Å². The molecule has 5 nitrogen and oxygen atoms in total. The molecule has 116 valence electrons. The summed E-state index contributed by atoms with van der Waals surface area (Å²) in [6, 6.07) is 5.93. The van der Waals surface area contributed by atoms with Crippen LogP contribution in [0.25, 0.3) is 0 Å². The van der Waals surface area contributed by atoms with Crippen LogP contribution in [0.5, 0.6) is 0 Å². The van der Waals surface area contributed by atoms with Gasteiger partial charge in [-0.25, -0.2) is 17.9 Å². The zero-order valence-corrected chi connectivity index (χ0v) is 12.9. The Hall–Kier alpha value is -1.40. The van der Waals surface area contributed by atoms with E-state index < -0.39 is 16.0 Å². The minimum Gasteiger partial charge on any atom is -0.478 e. The van der Waals surface area contributed by atoms with Gasteiger partial charge in [-0.15, -0.1) is 0 Å². The van der Waals surface area contributed by atoms with E-state index in [4.69, 9.17) is 5.11 Å². The average Bonchev–Trinajstić information content (AvgIpc) is 2.38. The van der Waals surface area contributed by atoms with E-state index in [1.165, 1.54) is 18.6 Å². The summed E-state index contributed by atoms with van der Waals surface area (Å²) in [7, 11) is -3.38. The molecule has 0 amide bonds. The van der Waals surface area contributed by atoms with Crippen molar-refractivity contribution in [3.63, 3.8) is 0 Å². The number of hydrogen-bond acceptors (Lipinski definition) is 3. The number of nitrogens with one attached hydrogen (secondary N) is 1. The van der Waals surface area contributed by atoms with Crippen molar-refractivity contribution in [2.45, 2.75) is 38.4 Å². The molecule has 2 N–H and O–H groups in total. The van der Waals surface area contributed by atoms with Gasteiger partial charge in [0.25, 0.3) is 0 Å².